The first-order valence-corrected chi connectivity index (χ1v) is 6.49. The molecule has 0 aliphatic rings. The Balaban J connectivity index is 3.06. The molecule has 1 unspecified atom stereocenters. The summed E-state index contributed by atoms with van der Waals surface area (Å²) in [5.74, 6) is 0. The molecule has 0 aliphatic carbocycles. The summed E-state index contributed by atoms with van der Waals surface area (Å²) in [5, 5.41) is 5.74. The van der Waals surface area contributed by atoms with Gasteiger partial charge in [0.1, 0.15) is 0 Å². The molecule has 16 heavy (non-hydrogen) atoms. The van der Waals surface area contributed by atoms with Crippen molar-refractivity contribution in [3.05, 3.63) is 11.3 Å². The Morgan fingerprint density at radius 1 is 1.44 bits per heavy atom. The maximum atomic E-state index is 5.89. The van der Waals surface area contributed by atoms with Crippen LogP contribution in [0.15, 0.2) is 5.03 Å². The van der Waals surface area contributed by atoms with Crippen molar-refractivity contribution >= 4 is 11.8 Å². The SMILES string of the molecule is Cc1nn(C)c(SC(C)(C)C)c1CC(C)N. The molecule has 92 valence electrons. The lowest BCUT2D eigenvalue weighted by atomic mass is 10.1. The van der Waals surface area contributed by atoms with Crippen molar-refractivity contribution in [2.45, 2.75) is 56.9 Å². The third-order valence-corrected chi connectivity index (χ3v) is 3.53. The maximum absolute atomic E-state index is 5.89. The highest BCUT2D eigenvalue weighted by atomic mass is 32.2. The van der Waals surface area contributed by atoms with Gasteiger partial charge in [0, 0.05) is 23.4 Å². The van der Waals surface area contributed by atoms with Crippen LogP contribution >= 0.6 is 11.8 Å². The number of hydrogen-bond acceptors (Lipinski definition) is 3. The summed E-state index contributed by atoms with van der Waals surface area (Å²) in [5.41, 5.74) is 8.30. The van der Waals surface area contributed by atoms with Gasteiger partial charge in [0.25, 0.3) is 0 Å². The fourth-order valence-corrected chi connectivity index (χ4v) is 2.76. The maximum Gasteiger partial charge on any atom is 0.0977 e. The minimum Gasteiger partial charge on any atom is -0.328 e. The van der Waals surface area contributed by atoms with Crippen LogP contribution in [0.4, 0.5) is 0 Å². The fourth-order valence-electron chi connectivity index (χ4n) is 1.66. The monoisotopic (exact) mass is 241 g/mol. The fraction of sp³-hybridized carbons (Fsp3) is 0.750. The van der Waals surface area contributed by atoms with Gasteiger partial charge in [0.05, 0.1) is 10.7 Å². The molecule has 0 fully saturated rings. The molecule has 0 spiro atoms. The number of nitrogens with zero attached hydrogens (tertiary/aromatic N) is 2. The molecule has 1 rings (SSSR count). The van der Waals surface area contributed by atoms with Gasteiger partial charge in [-0.05, 0) is 20.3 Å². The van der Waals surface area contributed by atoms with E-state index < -0.39 is 0 Å². The van der Waals surface area contributed by atoms with Gasteiger partial charge < -0.3 is 5.73 Å². The largest absolute Gasteiger partial charge is 0.328 e. The molecule has 0 amide bonds. The van der Waals surface area contributed by atoms with Crippen LogP contribution in [0.3, 0.4) is 0 Å². The van der Waals surface area contributed by atoms with Crippen LogP contribution in [0.1, 0.15) is 39.0 Å². The van der Waals surface area contributed by atoms with E-state index in [0.29, 0.717) is 0 Å². The van der Waals surface area contributed by atoms with Crippen molar-refractivity contribution in [3.8, 4) is 0 Å². The molecule has 0 saturated heterocycles. The van der Waals surface area contributed by atoms with Crippen molar-refractivity contribution in [2.75, 3.05) is 0 Å². The van der Waals surface area contributed by atoms with Crippen LogP contribution in [0, 0.1) is 6.92 Å². The third-order valence-electron chi connectivity index (χ3n) is 2.22. The van der Waals surface area contributed by atoms with Crippen LogP contribution in [-0.4, -0.2) is 20.6 Å². The first-order valence-electron chi connectivity index (χ1n) is 5.68. The first kappa shape index (κ1) is 13.6. The second kappa shape index (κ2) is 4.80. The van der Waals surface area contributed by atoms with Gasteiger partial charge in [0.2, 0.25) is 0 Å². The van der Waals surface area contributed by atoms with Crippen LogP contribution in [0.2, 0.25) is 0 Å². The summed E-state index contributed by atoms with van der Waals surface area (Å²) in [4.78, 5) is 0. The Bertz CT molecular complexity index is 361. The predicted octanol–water partition coefficient (Wildman–Crippen LogP) is 2.51. The standard InChI is InChI=1S/C12H23N3S/c1-8(13)7-10-9(2)14-15(6)11(10)16-12(3,4)5/h8H,7,13H2,1-6H3. The van der Waals surface area contributed by atoms with E-state index in [1.807, 2.05) is 30.4 Å². The van der Waals surface area contributed by atoms with Gasteiger partial charge in [-0.3, -0.25) is 4.68 Å². The molecule has 0 saturated carbocycles. The molecule has 0 bridgehead atoms. The lowest BCUT2D eigenvalue weighted by Crippen LogP contribution is -2.19. The number of rotatable bonds is 3. The number of aromatic nitrogens is 2. The molecular formula is C12H23N3S. The summed E-state index contributed by atoms with van der Waals surface area (Å²) in [7, 11) is 2.01. The third kappa shape index (κ3) is 3.52. The van der Waals surface area contributed by atoms with E-state index in [0.717, 1.165) is 12.1 Å². The molecule has 1 aromatic rings. The number of nitrogens with two attached hydrogens (primary N) is 1. The second-order valence-corrected chi connectivity index (χ2v) is 7.20. The van der Waals surface area contributed by atoms with Crippen LogP contribution in [0.5, 0.6) is 0 Å². The summed E-state index contributed by atoms with van der Waals surface area (Å²) in [6, 6.07) is 0.183. The topological polar surface area (TPSA) is 43.8 Å². The molecule has 3 nitrogen and oxygen atoms in total. The molecule has 2 N–H and O–H groups in total. The Hall–Kier alpha value is -0.480. The molecule has 0 aromatic carbocycles. The number of aryl methyl sites for hydroxylation is 2. The highest BCUT2D eigenvalue weighted by molar-refractivity contribution is 8.00. The molecule has 1 aromatic heterocycles. The van der Waals surface area contributed by atoms with Crippen LogP contribution < -0.4 is 5.73 Å². The lowest BCUT2D eigenvalue weighted by molar-refractivity contribution is 0.670. The van der Waals surface area contributed by atoms with Crippen molar-refractivity contribution < 1.29 is 0 Å². The normalized spacial score (nSPS) is 14.2. The van der Waals surface area contributed by atoms with Gasteiger partial charge in [-0.2, -0.15) is 5.10 Å². The summed E-state index contributed by atoms with van der Waals surface area (Å²) < 4.78 is 2.18. The highest BCUT2D eigenvalue weighted by Gasteiger charge is 2.20. The quantitative estimate of drug-likeness (QED) is 0.827. The highest BCUT2D eigenvalue weighted by Crippen LogP contribution is 2.35. The molecule has 0 aliphatic heterocycles. The van der Waals surface area contributed by atoms with E-state index in [4.69, 9.17) is 5.73 Å². The van der Waals surface area contributed by atoms with E-state index in [1.165, 1.54) is 10.6 Å². The Kier molecular flexibility index (Phi) is 4.07. The molecular weight excluding hydrogens is 218 g/mol. The van der Waals surface area contributed by atoms with Crippen molar-refractivity contribution in [1.82, 2.24) is 9.78 Å². The van der Waals surface area contributed by atoms with E-state index in [-0.39, 0.29) is 10.8 Å². The van der Waals surface area contributed by atoms with Gasteiger partial charge in [-0.25, -0.2) is 0 Å². The van der Waals surface area contributed by atoms with Gasteiger partial charge in [0.15, 0.2) is 0 Å². The van der Waals surface area contributed by atoms with Crippen LogP contribution in [0.25, 0.3) is 0 Å². The predicted molar refractivity (Wildman–Crippen MR) is 70.9 cm³/mol. The van der Waals surface area contributed by atoms with Crippen molar-refractivity contribution in [1.29, 1.82) is 0 Å². The number of thioether (sulfide) groups is 1. The minimum absolute atomic E-state index is 0.183. The lowest BCUT2D eigenvalue weighted by Gasteiger charge is -2.19. The zero-order valence-electron chi connectivity index (χ0n) is 11.2. The zero-order valence-corrected chi connectivity index (χ0v) is 12.0. The van der Waals surface area contributed by atoms with Crippen molar-refractivity contribution in [3.63, 3.8) is 0 Å². The zero-order chi connectivity index (χ0) is 12.5. The molecule has 0 radical (unpaired) electrons. The van der Waals surface area contributed by atoms with E-state index in [2.05, 4.69) is 32.8 Å². The smallest absolute Gasteiger partial charge is 0.0977 e. The summed E-state index contributed by atoms with van der Waals surface area (Å²) >= 11 is 1.86. The Labute approximate surface area is 103 Å². The molecule has 1 heterocycles. The van der Waals surface area contributed by atoms with Gasteiger partial charge in [-0.1, -0.05) is 20.8 Å². The average Bonchev–Trinajstić information content (AvgIpc) is 2.28. The minimum atomic E-state index is 0.183. The van der Waals surface area contributed by atoms with E-state index in [9.17, 15) is 0 Å². The average molecular weight is 241 g/mol. The summed E-state index contributed by atoms with van der Waals surface area (Å²) in [6.45, 7) is 10.8. The second-order valence-electron chi connectivity index (χ2n) is 5.39. The molecule has 1 atom stereocenters. The Morgan fingerprint density at radius 2 is 2.00 bits per heavy atom. The Morgan fingerprint density at radius 3 is 2.44 bits per heavy atom. The first-order chi connectivity index (χ1) is 7.20. The van der Waals surface area contributed by atoms with Crippen LogP contribution in [-0.2, 0) is 13.5 Å². The van der Waals surface area contributed by atoms with Crippen molar-refractivity contribution in [2.24, 2.45) is 12.8 Å². The van der Waals surface area contributed by atoms with Gasteiger partial charge >= 0.3 is 0 Å². The number of hydrogen-bond donors (Lipinski definition) is 1. The van der Waals surface area contributed by atoms with Gasteiger partial charge in [-0.15, -0.1) is 11.8 Å². The molecule has 4 heteroatoms. The van der Waals surface area contributed by atoms with E-state index >= 15 is 0 Å². The summed E-state index contributed by atoms with van der Waals surface area (Å²) in [6.07, 6.45) is 0.901. The van der Waals surface area contributed by atoms with E-state index in [1.54, 1.807) is 0 Å².